The van der Waals surface area contributed by atoms with Gasteiger partial charge < -0.3 is 20.4 Å². The lowest BCUT2D eigenvalue weighted by atomic mass is 10.1. The SMILES string of the molecule is CCN(CC)CCNC(CN)c1coc2ccccc12. The second kappa shape index (κ2) is 7.43. The maximum atomic E-state index is 5.92. The summed E-state index contributed by atoms with van der Waals surface area (Å²) in [5, 5.41) is 4.69. The molecule has 0 fully saturated rings. The molecule has 0 aliphatic carbocycles. The summed E-state index contributed by atoms with van der Waals surface area (Å²) in [5.41, 5.74) is 8.00. The first kappa shape index (κ1) is 15.0. The molecule has 0 bridgehead atoms. The third-order valence-corrected chi connectivity index (χ3v) is 3.84. The molecule has 0 saturated carbocycles. The molecule has 1 unspecified atom stereocenters. The van der Waals surface area contributed by atoms with Gasteiger partial charge in [0.1, 0.15) is 5.58 Å². The smallest absolute Gasteiger partial charge is 0.134 e. The number of furan rings is 1. The highest BCUT2D eigenvalue weighted by Crippen LogP contribution is 2.25. The molecule has 0 aliphatic rings. The summed E-state index contributed by atoms with van der Waals surface area (Å²) in [7, 11) is 0. The Morgan fingerprint density at radius 2 is 2.00 bits per heavy atom. The van der Waals surface area contributed by atoms with Gasteiger partial charge in [-0.2, -0.15) is 0 Å². The number of fused-ring (bicyclic) bond motifs is 1. The van der Waals surface area contributed by atoms with E-state index in [4.69, 9.17) is 10.2 Å². The Hall–Kier alpha value is -1.36. The monoisotopic (exact) mass is 275 g/mol. The van der Waals surface area contributed by atoms with Crippen molar-refractivity contribution < 1.29 is 4.42 Å². The van der Waals surface area contributed by atoms with Crippen LogP contribution in [-0.4, -0.2) is 37.6 Å². The number of rotatable bonds is 8. The summed E-state index contributed by atoms with van der Waals surface area (Å²) in [6, 6.07) is 8.24. The molecular formula is C16H25N3O. The van der Waals surface area contributed by atoms with Gasteiger partial charge in [-0.15, -0.1) is 0 Å². The molecule has 3 N–H and O–H groups in total. The highest BCUT2D eigenvalue weighted by atomic mass is 16.3. The van der Waals surface area contributed by atoms with Crippen molar-refractivity contribution in [2.24, 2.45) is 5.73 Å². The van der Waals surface area contributed by atoms with E-state index < -0.39 is 0 Å². The number of hydrogen-bond donors (Lipinski definition) is 2. The average Bonchev–Trinajstić information content (AvgIpc) is 2.92. The maximum Gasteiger partial charge on any atom is 0.134 e. The van der Waals surface area contributed by atoms with Crippen molar-refractivity contribution in [2.45, 2.75) is 19.9 Å². The van der Waals surface area contributed by atoms with E-state index in [1.54, 1.807) is 0 Å². The van der Waals surface area contributed by atoms with E-state index in [1.807, 2.05) is 24.5 Å². The number of hydrogen-bond acceptors (Lipinski definition) is 4. The first-order valence-electron chi connectivity index (χ1n) is 7.42. The zero-order valence-electron chi connectivity index (χ0n) is 12.4. The fraction of sp³-hybridized carbons (Fsp3) is 0.500. The molecule has 20 heavy (non-hydrogen) atoms. The van der Waals surface area contributed by atoms with Crippen molar-refractivity contribution >= 4 is 11.0 Å². The predicted octanol–water partition coefficient (Wildman–Crippen LogP) is 2.36. The molecule has 2 rings (SSSR count). The van der Waals surface area contributed by atoms with Gasteiger partial charge in [-0.3, -0.25) is 0 Å². The van der Waals surface area contributed by atoms with Gasteiger partial charge in [-0.05, 0) is 19.2 Å². The van der Waals surface area contributed by atoms with Crippen molar-refractivity contribution in [3.8, 4) is 0 Å². The van der Waals surface area contributed by atoms with Crippen molar-refractivity contribution in [1.82, 2.24) is 10.2 Å². The minimum atomic E-state index is 0.147. The van der Waals surface area contributed by atoms with Crippen LogP contribution < -0.4 is 11.1 Å². The van der Waals surface area contributed by atoms with Crippen LogP contribution in [0.3, 0.4) is 0 Å². The van der Waals surface area contributed by atoms with Gasteiger partial charge in [-0.1, -0.05) is 32.0 Å². The van der Waals surface area contributed by atoms with Crippen molar-refractivity contribution in [3.05, 3.63) is 36.1 Å². The zero-order valence-corrected chi connectivity index (χ0v) is 12.4. The van der Waals surface area contributed by atoms with Crippen LogP contribution in [0.5, 0.6) is 0 Å². The largest absolute Gasteiger partial charge is 0.464 e. The second-order valence-corrected chi connectivity index (χ2v) is 4.96. The molecule has 1 atom stereocenters. The highest BCUT2D eigenvalue weighted by Gasteiger charge is 2.15. The van der Waals surface area contributed by atoms with Crippen molar-refractivity contribution in [3.63, 3.8) is 0 Å². The molecule has 1 heterocycles. The Kier molecular flexibility index (Phi) is 5.59. The molecule has 0 amide bonds. The van der Waals surface area contributed by atoms with Crippen LogP contribution in [-0.2, 0) is 0 Å². The summed E-state index contributed by atoms with van der Waals surface area (Å²) < 4.78 is 5.60. The van der Waals surface area contributed by atoms with E-state index in [1.165, 1.54) is 0 Å². The lowest BCUT2D eigenvalue weighted by molar-refractivity contribution is 0.297. The Morgan fingerprint density at radius 3 is 2.70 bits per heavy atom. The van der Waals surface area contributed by atoms with Gasteiger partial charge >= 0.3 is 0 Å². The number of nitrogens with zero attached hydrogens (tertiary/aromatic N) is 1. The third-order valence-electron chi connectivity index (χ3n) is 3.84. The van der Waals surface area contributed by atoms with E-state index in [0.717, 1.165) is 42.7 Å². The third kappa shape index (κ3) is 3.39. The van der Waals surface area contributed by atoms with Crippen molar-refractivity contribution in [2.75, 3.05) is 32.7 Å². The van der Waals surface area contributed by atoms with Gasteiger partial charge in [-0.25, -0.2) is 0 Å². The minimum absolute atomic E-state index is 0.147. The van der Waals surface area contributed by atoms with Crippen LogP contribution in [0.25, 0.3) is 11.0 Å². The van der Waals surface area contributed by atoms with Crippen molar-refractivity contribution in [1.29, 1.82) is 0 Å². The average molecular weight is 275 g/mol. The van der Waals surface area contributed by atoms with E-state index in [9.17, 15) is 0 Å². The van der Waals surface area contributed by atoms with Gasteiger partial charge in [0.2, 0.25) is 0 Å². The quantitative estimate of drug-likeness (QED) is 0.776. The van der Waals surface area contributed by atoms with E-state index in [0.29, 0.717) is 6.54 Å². The van der Waals surface area contributed by atoms with Gasteiger partial charge in [0.05, 0.1) is 6.26 Å². The maximum absolute atomic E-state index is 5.92. The molecule has 1 aromatic carbocycles. The first-order valence-corrected chi connectivity index (χ1v) is 7.42. The summed E-state index contributed by atoms with van der Waals surface area (Å²) in [6.07, 6.45) is 1.83. The number of benzene rings is 1. The predicted molar refractivity (Wildman–Crippen MR) is 83.8 cm³/mol. The molecular weight excluding hydrogens is 250 g/mol. The van der Waals surface area contributed by atoms with Crippen LogP contribution in [0.2, 0.25) is 0 Å². The highest BCUT2D eigenvalue weighted by molar-refractivity contribution is 5.81. The molecule has 0 saturated heterocycles. The Bertz CT molecular complexity index is 519. The fourth-order valence-electron chi connectivity index (χ4n) is 2.53. The van der Waals surface area contributed by atoms with E-state index >= 15 is 0 Å². The summed E-state index contributed by atoms with van der Waals surface area (Å²) in [5.74, 6) is 0. The first-order chi connectivity index (χ1) is 9.80. The molecule has 0 spiro atoms. The molecule has 0 aliphatic heterocycles. The molecule has 4 heteroatoms. The number of nitrogens with two attached hydrogens (primary N) is 1. The van der Waals surface area contributed by atoms with Crippen LogP contribution in [0, 0.1) is 0 Å². The van der Waals surface area contributed by atoms with Gasteiger partial charge in [0, 0.05) is 36.6 Å². The molecule has 110 valence electrons. The molecule has 0 radical (unpaired) electrons. The zero-order chi connectivity index (χ0) is 14.4. The molecule has 4 nitrogen and oxygen atoms in total. The van der Waals surface area contributed by atoms with Crippen LogP contribution in [0.1, 0.15) is 25.5 Å². The fourth-order valence-corrected chi connectivity index (χ4v) is 2.53. The number of para-hydroxylation sites is 1. The standard InChI is InChI=1S/C16H25N3O/c1-3-19(4-2)10-9-18-15(11-17)14-12-20-16-8-6-5-7-13(14)16/h5-8,12,15,18H,3-4,9-11,17H2,1-2H3. The van der Waals surface area contributed by atoms with E-state index in [-0.39, 0.29) is 6.04 Å². The summed E-state index contributed by atoms with van der Waals surface area (Å²) in [6.45, 7) is 9.09. The van der Waals surface area contributed by atoms with E-state index in [2.05, 4.69) is 30.1 Å². The lowest BCUT2D eigenvalue weighted by Crippen LogP contribution is -2.36. The molecule has 2 aromatic rings. The van der Waals surface area contributed by atoms with Crippen LogP contribution in [0.4, 0.5) is 0 Å². The Morgan fingerprint density at radius 1 is 1.25 bits per heavy atom. The van der Waals surface area contributed by atoms with Crippen LogP contribution in [0.15, 0.2) is 34.9 Å². The second-order valence-electron chi connectivity index (χ2n) is 4.96. The normalized spacial score (nSPS) is 13.2. The topological polar surface area (TPSA) is 54.4 Å². The minimum Gasteiger partial charge on any atom is -0.464 e. The van der Waals surface area contributed by atoms with Crippen LogP contribution >= 0.6 is 0 Å². The Balaban J connectivity index is 2.01. The van der Waals surface area contributed by atoms with Gasteiger partial charge in [0.15, 0.2) is 0 Å². The number of likely N-dealkylation sites (N-methyl/N-ethyl adjacent to an activating group) is 1. The number of nitrogens with one attached hydrogen (secondary N) is 1. The molecule has 1 aromatic heterocycles. The Labute approximate surface area is 120 Å². The summed E-state index contributed by atoms with van der Waals surface area (Å²) in [4.78, 5) is 2.40. The summed E-state index contributed by atoms with van der Waals surface area (Å²) >= 11 is 0. The van der Waals surface area contributed by atoms with Gasteiger partial charge in [0.25, 0.3) is 0 Å². The lowest BCUT2D eigenvalue weighted by Gasteiger charge is -2.21.